The summed E-state index contributed by atoms with van der Waals surface area (Å²) in [6.07, 6.45) is 0. The van der Waals surface area contributed by atoms with Crippen molar-refractivity contribution >= 4 is 0 Å². The van der Waals surface area contributed by atoms with Crippen LogP contribution in [0.1, 0.15) is 13.8 Å². The van der Waals surface area contributed by atoms with E-state index in [2.05, 4.69) is 36.9 Å². The predicted molar refractivity (Wildman–Crippen MR) is 57.9 cm³/mol. The van der Waals surface area contributed by atoms with Gasteiger partial charge < -0.3 is 9.80 Å². The van der Waals surface area contributed by atoms with Gasteiger partial charge in [0.1, 0.15) is 0 Å². The maximum atomic E-state index is 8.75. The number of likely N-dealkylation sites (tertiary alicyclic amines) is 1. The van der Waals surface area contributed by atoms with Crippen LogP contribution in [-0.4, -0.2) is 49.6 Å². The molecule has 0 radical (unpaired) electrons. The van der Waals surface area contributed by atoms with Crippen LogP contribution in [0.15, 0.2) is 0 Å². The molecule has 0 N–H and O–H groups in total. The predicted octanol–water partition coefficient (Wildman–Crippen LogP) is 1.03. The molecule has 1 aliphatic rings. The zero-order valence-corrected chi connectivity index (χ0v) is 9.70. The maximum Gasteiger partial charge on any atom is 0.0666 e. The fraction of sp³-hybridized carbons (Fsp3) is 0.909. The Hall–Kier alpha value is -0.590. The van der Waals surface area contributed by atoms with Crippen LogP contribution in [0.3, 0.4) is 0 Å². The molecule has 0 aliphatic carbocycles. The highest BCUT2D eigenvalue weighted by molar-refractivity contribution is 4.90. The molecule has 3 heteroatoms. The summed E-state index contributed by atoms with van der Waals surface area (Å²) in [6.45, 7) is 7.45. The van der Waals surface area contributed by atoms with Crippen molar-refractivity contribution in [3.05, 3.63) is 0 Å². The molecule has 1 heterocycles. The van der Waals surface area contributed by atoms with Crippen LogP contribution in [0.25, 0.3) is 0 Å². The molecule has 1 saturated heterocycles. The van der Waals surface area contributed by atoms with Gasteiger partial charge in [-0.25, -0.2) is 0 Å². The monoisotopic (exact) mass is 195 g/mol. The highest BCUT2D eigenvalue weighted by Crippen LogP contribution is 2.20. The molecule has 3 unspecified atom stereocenters. The van der Waals surface area contributed by atoms with Gasteiger partial charge in [-0.2, -0.15) is 5.26 Å². The van der Waals surface area contributed by atoms with Crippen molar-refractivity contribution in [1.82, 2.24) is 9.80 Å². The number of hydrogen-bond acceptors (Lipinski definition) is 3. The number of hydrogen-bond donors (Lipinski definition) is 0. The average Bonchev–Trinajstić information content (AvgIpc) is 2.46. The number of nitriles is 1. The molecular weight excluding hydrogens is 174 g/mol. The first-order valence-corrected chi connectivity index (χ1v) is 5.33. The van der Waals surface area contributed by atoms with E-state index >= 15 is 0 Å². The minimum absolute atomic E-state index is 0.156. The molecular formula is C11H21N3. The van der Waals surface area contributed by atoms with E-state index in [0.29, 0.717) is 6.04 Å². The smallest absolute Gasteiger partial charge is 0.0666 e. The van der Waals surface area contributed by atoms with Crippen molar-refractivity contribution in [2.24, 2.45) is 11.8 Å². The van der Waals surface area contributed by atoms with E-state index in [9.17, 15) is 0 Å². The van der Waals surface area contributed by atoms with Crippen LogP contribution < -0.4 is 0 Å². The van der Waals surface area contributed by atoms with Crippen LogP contribution in [0.2, 0.25) is 0 Å². The van der Waals surface area contributed by atoms with E-state index in [1.807, 2.05) is 6.92 Å². The standard InChI is InChI=1S/C11H21N3/c1-9(5-12)6-14-7-10(2)11(8-14)13(3)4/h9-11H,6-8H2,1-4H3. The summed E-state index contributed by atoms with van der Waals surface area (Å²) in [4.78, 5) is 4.70. The first-order chi connectivity index (χ1) is 6.54. The molecule has 1 rings (SSSR count). The normalized spacial score (nSPS) is 30.6. The van der Waals surface area contributed by atoms with Crippen molar-refractivity contribution in [3.63, 3.8) is 0 Å². The topological polar surface area (TPSA) is 30.3 Å². The van der Waals surface area contributed by atoms with Gasteiger partial charge >= 0.3 is 0 Å². The van der Waals surface area contributed by atoms with Gasteiger partial charge in [-0.3, -0.25) is 0 Å². The van der Waals surface area contributed by atoms with E-state index in [1.165, 1.54) is 0 Å². The SMILES string of the molecule is CC(C#N)CN1CC(C)C(N(C)C)C1. The lowest BCUT2D eigenvalue weighted by Crippen LogP contribution is -2.35. The molecule has 80 valence electrons. The summed E-state index contributed by atoms with van der Waals surface area (Å²) in [6, 6.07) is 2.95. The molecule has 0 saturated carbocycles. The molecule has 0 aromatic rings. The highest BCUT2D eigenvalue weighted by Gasteiger charge is 2.31. The fourth-order valence-electron chi connectivity index (χ4n) is 2.30. The van der Waals surface area contributed by atoms with Crippen LogP contribution in [0, 0.1) is 23.2 Å². The van der Waals surface area contributed by atoms with E-state index in [1.54, 1.807) is 0 Å². The largest absolute Gasteiger partial charge is 0.305 e. The first kappa shape index (κ1) is 11.5. The lowest BCUT2D eigenvalue weighted by atomic mass is 10.1. The second kappa shape index (κ2) is 4.77. The molecule has 0 aromatic carbocycles. The van der Waals surface area contributed by atoms with Crippen LogP contribution in [0.5, 0.6) is 0 Å². The summed E-state index contributed by atoms with van der Waals surface area (Å²) < 4.78 is 0. The third kappa shape index (κ3) is 2.70. The van der Waals surface area contributed by atoms with E-state index in [4.69, 9.17) is 5.26 Å². The second-order valence-electron chi connectivity index (χ2n) is 4.76. The van der Waals surface area contributed by atoms with Crippen molar-refractivity contribution in [1.29, 1.82) is 5.26 Å². The Kier molecular flexibility index (Phi) is 3.91. The Balaban J connectivity index is 2.43. The van der Waals surface area contributed by atoms with E-state index in [0.717, 1.165) is 25.6 Å². The number of likely N-dealkylation sites (N-methyl/N-ethyl adjacent to an activating group) is 1. The number of nitrogens with zero attached hydrogens (tertiary/aromatic N) is 3. The molecule has 0 amide bonds. The maximum absolute atomic E-state index is 8.75. The lowest BCUT2D eigenvalue weighted by molar-refractivity contribution is 0.248. The summed E-state index contributed by atoms with van der Waals surface area (Å²) >= 11 is 0. The zero-order chi connectivity index (χ0) is 10.7. The summed E-state index contributed by atoms with van der Waals surface area (Å²) in [7, 11) is 4.27. The summed E-state index contributed by atoms with van der Waals surface area (Å²) in [5, 5.41) is 8.75. The number of rotatable bonds is 3. The quantitative estimate of drug-likeness (QED) is 0.674. The third-order valence-electron chi connectivity index (χ3n) is 3.06. The lowest BCUT2D eigenvalue weighted by Gasteiger charge is -2.22. The summed E-state index contributed by atoms with van der Waals surface area (Å²) in [5.41, 5.74) is 0. The van der Waals surface area contributed by atoms with Crippen molar-refractivity contribution in [2.45, 2.75) is 19.9 Å². The molecule has 0 bridgehead atoms. The Morgan fingerprint density at radius 3 is 2.57 bits per heavy atom. The van der Waals surface area contributed by atoms with Crippen molar-refractivity contribution < 1.29 is 0 Å². The van der Waals surface area contributed by atoms with Gasteiger partial charge in [0.25, 0.3) is 0 Å². The van der Waals surface area contributed by atoms with Gasteiger partial charge in [-0.05, 0) is 26.9 Å². The van der Waals surface area contributed by atoms with Gasteiger partial charge in [0.15, 0.2) is 0 Å². The van der Waals surface area contributed by atoms with E-state index < -0.39 is 0 Å². The van der Waals surface area contributed by atoms with Crippen LogP contribution >= 0.6 is 0 Å². The molecule has 3 nitrogen and oxygen atoms in total. The molecule has 14 heavy (non-hydrogen) atoms. The van der Waals surface area contributed by atoms with Gasteiger partial charge in [0, 0.05) is 25.7 Å². The van der Waals surface area contributed by atoms with Gasteiger partial charge in [0.2, 0.25) is 0 Å². The average molecular weight is 195 g/mol. The Labute approximate surface area is 87.3 Å². The van der Waals surface area contributed by atoms with Gasteiger partial charge in [-0.15, -0.1) is 0 Å². The first-order valence-electron chi connectivity index (χ1n) is 5.33. The molecule has 0 spiro atoms. The van der Waals surface area contributed by atoms with Gasteiger partial charge in [0.05, 0.1) is 12.0 Å². The zero-order valence-electron chi connectivity index (χ0n) is 9.70. The van der Waals surface area contributed by atoms with E-state index in [-0.39, 0.29) is 5.92 Å². The van der Waals surface area contributed by atoms with Crippen molar-refractivity contribution in [3.8, 4) is 6.07 Å². The molecule has 1 aliphatic heterocycles. The molecule has 3 atom stereocenters. The van der Waals surface area contributed by atoms with Crippen molar-refractivity contribution in [2.75, 3.05) is 33.7 Å². The van der Waals surface area contributed by atoms with Crippen LogP contribution in [0.4, 0.5) is 0 Å². The summed E-state index contributed by atoms with van der Waals surface area (Å²) in [5.74, 6) is 0.874. The fourth-order valence-corrected chi connectivity index (χ4v) is 2.30. The Morgan fingerprint density at radius 1 is 1.50 bits per heavy atom. The highest BCUT2D eigenvalue weighted by atomic mass is 15.2. The minimum atomic E-state index is 0.156. The Bertz CT molecular complexity index is 219. The van der Waals surface area contributed by atoms with Crippen LogP contribution in [-0.2, 0) is 0 Å². The Morgan fingerprint density at radius 2 is 2.14 bits per heavy atom. The van der Waals surface area contributed by atoms with Gasteiger partial charge in [-0.1, -0.05) is 6.92 Å². The minimum Gasteiger partial charge on any atom is -0.305 e. The molecule has 0 aromatic heterocycles. The third-order valence-corrected chi connectivity index (χ3v) is 3.06. The second-order valence-corrected chi connectivity index (χ2v) is 4.76. The molecule has 1 fully saturated rings.